The van der Waals surface area contributed by atoms with Gasteiger partial charge >= 0.3 is 12.0 Å². The molecular formula is C25H28N4O4S. The number of anilines is 2. The van der Waals surface area contributed by atoms with Crippen molar-refractivity contribution < 1.29 is 19.2 Å². The van der Waals surface area contributed by atoms with Gasteiger partial charge in [0, 0.05) is 23.0 Å². The molecule has 0 aliphatic rings. The molecule has 0 fully saturated rings. The molecule has 1 atom stereocenters. The van der Waals surface area contributed by atoms with Crippen molar-refractivity contribution in [3.05, 3.63) is 65.9 Å². The Balaban J connectivity index is 1.71. The maximum absolute atomic E-state index is 12.2. The average molecular weight is 481 g/mol. The van der Waals surface area contributed by atoms with E-state index in [2.05, 4.69) is 20.8 Å². The van der Waals surface area contributed by atoms with Gasteiger partial charge in [-0.2, -0.15) is 0 Å². The minimum atomic E-state index is -0.974. The lowest BCUT2D eigenvalue weighted by Gasteiger charge is -2.12. The highest BCUT2D eigenvalue weighted by atomic mass is 32.2. The molecule has 0 saturated heterocycles. The number of benzene rings is 2. The molecule has 3 N–H and O–H groups in total. The predicted molar refractivity (Wildman–Crippen MR) is 137 cm³/mol. The lowest BCUT2D eigenvalue weighted by atomic mass is 10.1. The highest BCUT2D eigenvalue weighted by Gasteiger charge is 2.23. The van der Waals surface area contributed by atoms with E-state index in [0.29, 0.717) is 33.6 Å². The Hall–Kier alpha value is -3.59. The molecule has 9 heteroatoms. The van der Waals surface area contributed by atoms with E-state index in [9.17, 15) is 14.7 Å². The van der Waals surface area contributed by atoms with Gasteiger partial charge in [0.25, 0.3) is 0 Å². The number of aromatic nitrogens is 1. The fourth-order valence-electron chi connectivity index (χ4n) is 3.09. The minimum absolute atomic E-state index is 0.157. The normalized spacial score (nSPS) is 12.4. The first-order valence-electron chi connectivity index (χ1n) is 10.9. The van der Waals surface area contributed by atoms with Crippen LogP contribution in [-0.4, -0.2) is 39.1 Å². The van der Waals surface area contributed by atoms with E-state index < -0.39 is 12.0 Å². The van der Waals surface area contributed by atoms with Crippen LogP contribution in [0.1, 0.15) is 32.1 Å². The molecule has 0 radical (unpaired) electrons. The standard InChI is InChI=1S/C25H28N4O4S/c1-5-34-23(28-22(15(2)3)24(30)31)21-14-20(29-33-21)17-8-12-19(13-9-17)27-25(32)26-18-10-6-16(4)7-11-18/h6-15,22H,5H2,1-4H3,(H,30,31)(H2,26,27,32). The topological polar surface area (TPSA) is 117 Å². The second kappa shape index (κ2) is 11.5. The van der Waals surface area contributed by atoms with E-state index in [1.165, 1.54) is 11.8 Å². The SMILES string of the molecule is CCSC(=NC(C(=O)O)C(C)C)c1cc(-c2ccc(NC(=O)Nc3ccc(C)cc3)cc2)no1. The molecule has 0 spiro atoms. The number of carboxylic acid groups (broad SMARTS) is 1. The van der Waals surface area contributed by atoms with E-state index in [0.717, 1.165) is 11.1 Å². The summed E-state index contributed by atoms with van der Waals surface area (Å²) in [5.74, 6) is 0.00658. The number of thioether (sulfide) groups is 1. The van der Waals surface area contributed by atoms with Crippen molar-refractivity contribution >= 4 is 40.2 Å². The van der Waals surface area contributed by atoms with Gasteiger partial charge in [-0.3, -0.25) is 4.99 Å². The van der Waals surface area contributed by atoms with Crippen molar-refractivity contribution in [3.63, 3.8) is 0 Å². The molecule has 0 saturated carbocycles. The third kappa shape index (κ3) is 6.71. The zero-order valence-corrected chi connectivity index (χ0v) is 20.3. The fraction of sp³-hybridized carbons (Fsp3) is 0.280. The number of carboxylic acids is 1. The third-order valence-corrected chi connectivity index (χ3v) is 5.76. The minimum Gasteiger partial charge on any atom is -0.480 e. The van der Waals surface area contributed by atoms with E-state index in [1.807, 2.05) is 64.1 Å². The van der Waals surface area contributed by atoms with Crippen LogP contribution in [0.3, 0.4) is 0 Å². The monoisotopic (exact) mass is 480 g/mol. The van der Waals surface area contributed by atoms with E-state index in [4.69, 9.17) is 4.52 Å². The molecule has 2 amide bonds. The summed E-state index contributed by atoms with van der Waals surface area (Å²) in [6, 6.07) is 15.3. The van der Waals surface area contributed by atoms with E-state index in [1.54, 1.807) is 18.2 Å². The van der Waals surface area contributed by atoms with Crippen LogP contribution in [0.15, 0.2) is 64.1 Å². The second-order valence-electron chi connectivity index (χ2n) is 7.99. The summed E-state index contributed by atoms with van der Waals surface area (Å²) < 4.78 is 5.49. The number of aliphatic imine (C=N–C) groups is 1. The van der Waals surface area contributed by atoms with Crippen LogP contribution in [0, 0.1) is 12.8 Å². The van der Waals surface area contributed by atoms with Crippen LogP contribution in [0.2, 0.25) is 0 Å². The van der Waals surface area contributed by atoms with Gasteiger partial charge in [-0.05, 0) is 42.9 Å². The predicted octanol–water partition coefficient (Wildman–Crippen LogP) is 5.90. The third-order valence-electron chi connectivity index (χ3n) is 4.89. The summed E-state index contributed by atoms with van der Waals surface area (Å²) >= 11 is 1.41. The molecule has 178 valence electrons. The van der Waals surface area contributed by atoms with Crippen LogP contribution in [0.25, 0.3) is 11.3 Å². The van der Waals surface area contributed by atoms with Crippen LogP contribution >= 0.6 is 11.8 Å². The molecule has 1 unspecified atom stereocenters. The summed E-state index contributed by atoms with van der Waals surface area (Å²) in [6.07, 6.45) is 0. The molecule has 3 rings (SSSR count). The number of amides is 2. The smallest absolute Gasteiger partial charge is 0.328 e. The zero-order chi connectivity index (χ0) is 24.7. The number of rotatable bonds is 8. The van der Waals surface area contributed by atoms with Gasteiger partial charge < -0.3 is 20.3 Å². The van der Waals surface area contributed by atoms with Crippen molar-refractivity contribution in [2.24, 2.45) is 10.9 Å². The number of nitrogens with zero attached hydrogens (tertiary/aromatic N) is 2. The van der Waals surface area contributed by atoms with Crippen LogP contribution in [0.4, 0.5) is 16.2 Å². The number of hydrogen-bond donors (Lipinski definition) is 3. The molecule has 1 heterocycles. The van der Waals surface area contributed by atoms with Crippen LogP contribution in [-0.2, 0) is 4.79 Å². The Labute approximate surface area is 202 Å². The first-order chi connectivity index (χ1) is 16.3. The van der Waals surface area contributed by atoms with Crippen molar-refractivity contribution in [1.29, 1.82) is 0 Å². The van der Waals surface area contributed by atoms with E-state index in [-0.39, 0.29) is 11.9 Å². The number of hydrogen-bond acceptors (Lipinski definition) is 6. The number of carbonyl (C=O) groups is 2. The second-order valence-corrected chi connectivity index (χ2v) is 9.25. The lowest BCUT2D eigenvalue weighted by Crippen LogP contribution is -2.25. The van der Waals surface area contributed by atoms with E-state index >= 15 is 0 Å². The molecule has 2 aromatic carbocycles. The Morgan fingerprint density at radius 1 is 1.06 bits per heavy atom. The van der Waals surface area contributed by atoms with Gasteiger partial charge in [-0.1, -0.05) is 55.8 Å². The van der Waals surface area contributed by atoms with Gasteiger partial charge in [-0.15, -0.1) is 11.8 Å². The number of nitrogens with one attached hydrogen (secondary N) is 2. The first-order valence-corrected chi connectivity index (χ1v) is 11.9. The highest BCUT2D eigenvalue weighted by Crippen LogP contribution is 2.25. The van der Waals surface area contributed by atoms with Crippen molar-refractivity contribution in [3.8, 4) is 11.3 Å². The summed E-state index contributed by atoms with van der Waals surface area (Å²) in [5, 5.41) is 19.7. The molecule has 1 aromatic heterocycles. The Kier molecular flexibility index (Phi) is 8.48. The fourth-order valence-corrected chi connectivity index (χ4v) is 3.79. The number of carbonyl (C=O) groups excluding carboxylic acids is 1. The largest absolute Gasteiger partial charge is 0.480 e. The first kappa shape index (κ1) is 25.0. The molecule has 8 nitrogen and oxygen atoms in total. The van der Waals surface area contributed by atoms with Crippen LogP contribution in [0.5, 0.6) is 0 Å². The molecular weight excluding hydrogens is 452 g/mol. The molecule has 0 bridgehead atoms. The summed E-state index contributed by atoms with van der Waals surface area (Å²) in [5.41, 5.74) is 3.83. The Morgan fingerprint density at radius 2 is 1.65 bits per heavy atom. The van der Waals surface area contributed by atoms with Crippen molar-refractivity contribution in [2.45, 2.75) is 33.7 Å². The average Bonchev–Trinajstić information content (AvgIpc) is 3.28. The number of aliphatic carboxylic acids is 1. The Morgan fingerprint density at radius 3 is 2.18 bits per heavy atom. The Bertz CT molecular complexity index is 1150. The van der Waals surface area contributed by atoms with Crippen molar-refractivity contribution in [1.82, 2.24) is 5.16 Å². The van der Waals surface area contributed by atoms with Crippen LogP contribution < -0.4 is 10.6 Å². The van der Waals surface area contributed by atoms with Gasteiger partial charge in [0.1, 0.15) is 10.7 Å². The van der Waals surface area contributed by atoms with Gasteiger partial charge in [0.15, 0.2) is 11.8 Å². The maximum atomic E-state index is 12.2. The summed E-state index contributed by atoms with van der Waals surface area (Å²) in [7, 11) is 0. The van der Waals surface area contributed by atoms with Gasteiger partial charge in [-0.25, -0.2) is 9.59 Å². The summed E-state index contributed by atoms with van der Waals surface area (Å²) in [6.45, 7) is 7.58. The molecule has 34 heavy (non-hydrogen) atoms. The molecule has 0 aliphatic carbocycles. The molecule has 0 aliphatic heterocycles. The maximum Gasteiger partial charge on any atom is 0.328 e. The quantitative estimate of drug-likeness (QED) is 0.273. The number of aryl methyl sites for hydroxylation is 1. The molecule has 3 aromatic rings. The van der Waals surface area contributed by atoms with Gasteiger partial charge in [0.05, 0.1) is 0 Å². The zero-order valence-electron chi connectivity index (χ0n) is 19.5. The number of urea groups is 1. The van der Waals surface area contributed by atoms with Crippen molar-refractivity contribution in [2.75, 3.05) is 16.4 Å². The summed E-state index contributed by atoms with van der Waals surface area (Å²) in [4.78, 5) is 28.2. The highest BCUT2D eigenvalue weighted by molar-refractivity contribution is 8.14. The lowest BCUT2D eigenvalue weighted by molar-refractivity contribution is -0.139. The van der Waals surface area contributed by atoms with Gasteiger partial charge in [0.2, 0.25) is 0 Å².